The zero-order chi connectivity index (χ0) is 26.0. The van der Waals surface area contributed by atoms with E-state index in [1.807, 2.05) is 6.92 Å². The Balaban J connectivity index is 0.000000784. The Bertz CT molecular complexity index is 1300. The summed E-state index contributed by atoms with van der Waals surface area (Å²) < 4.78 is 31.6. The number of phenols is 2. The molecular formula is C23H24N4O7S. The van der Waals surface area contributed by atoms with Gasteiger partial charge in [0.15, 0.2) is 0 Å². The van der Waals surface area contributed by atoms with Gasteiger partial charge in [0.25, 0.3) is 5.91 Å². The fourth-order valence-electron chi connectivity index (χ4n) is 2.58. The number of hydrogen-bond donors (Lipinski definition) is 6. The Hall–Kier alpha value is -4.26. The molecule has 1 amide bonds. The number of hydrogen-bond acceptors (Lipinski definition) is 8. The van der Waals surface area contributed by atoms with Gasteiger partial charge in [-0.1, -0.05) is 0 Å². The maximum atomic E-state index is 12.3. The van der Waals surface area contributed by atoms with Crippen molar-refractivity contribution >= 4 is 33.4 Å². The summed E-state index contributed by atoms with van der Waals surface area (Å²) in [6.45, 7) is 3.63. The highest BCUT2D eigenvalue weighted by atomic mass is 32.3. The number of phenolic OH excluding ortho intramolecular Hbond substituents is 2. The lowest BCUT2D eigenvalue weighted by atomic mass is 10.1. The molecule has 0 saturated carbocycles. The Labute approximate surface area is 202 Å². The first-order chi connectivity index (χ1) is 16.4. The molecule has 184 valence electrons. The van der Waals surface area contributed by atoms with E-state index in [2.05, 4.69) is 21.1 Å². The second kappa shape index (κ2) is 12.3. The smallest absolute Gasteiger partial charge is 0.394 e. The summed E-state index contributed by atoms with van der Waals surface area (Å²) in [4.78, 5) is 12.3. The molecule has 0 aliphatic rings. The van der Waals surface area contributed by atoms with E-state index in [9.17, 15) is 15.0 Å². The molecule has 0 bridgehead atoms. The number of nitrogens with one attached hydrogen (secondary N) is 2. The van der Waals surface area contributed by atoms with Crippen molar-refractivity contribution in [3.05, 3.63) is 89.5 Å². The van der Waals surface area contributed by atoms with Gasteiger partial charge in [0, 0.05) is 5.56 Å². The van der Waals surface area contributed by atoms with Crippen molar-refractivity contribution in [3.63, 3.8) is 0 Å². The van der Waals surface area contributed by atoms with Gasteiger partial charge in [-0.25, -0.2) is 5.43 Å². The molecule has 0 unspecified atom stereocenters. The number of amides is 1. The van der Waals surface area contributed by atoms with Crippen molar-refractivity contribution < 1.29 is 32.5 Å². The van der Waals surface area contributed by atoms with Gasteiger partial charge in [0.1, 0.15) is 11.5 Å². The molecule has 0 aliphatic heterocycles. The minimum Gasteiger partial charge on any atom is -0.508 e. The van der Waals surface area contributed by atoms with E-state index in [1.54, 1.807) is 79.7 Å². The molecule has 11 nitrogen and oxygen atoms in total. The lowest BCUT2D eigenvalue weighted by molar-refractivity contribution is 0.0954. The van der Waals surface area contributed by atoms with Gasteiger partial charge in [-0.15, -0.1) is 0 Å². The average Bonchev–Trinajstić information content (AvgIpc) is 2.81. The lowest BCUT2D eigenvalue weighted by Gasteiger charge is -2.06. The van der Waals surface area contributed by atoms with Crippen LogP contribution in [-0.4, -0.2) is 45.1 Å². The van der Waals surface area contributed by atoms with Crippen LogP contribution in [0.1, 0.15) is 35.3 Å². The molecule has 0 saturated heterocycles. The normalized spacial score (nSPS) is 11.8. The summed E-state index contributed by atoms with van der Waals surface area (Å²) in [5.74, 6) is 0.0475. The van der Waals surface area contributed by atoms with Crippen molar-refractivity contribution in [2.45, 2.75) is 13.8 Å². The van der Waals surface area contributed by atoms with Crippen molar-refractivity contribution in [2.75, 3.05) is 5.43 Å². The number of carbonyl (C=O) groups excluding carboxylic acids is 1. The third-order valence-corrected chi connectivity index (χ3v) is 4.40. The first kappa shape index (κ1) is 27.0. The van der Waals surface area contributed by atoms with Crippen LogP contribution in [0.15, 0.2) is 83.0 Å². The molecular weight excluding hydrogens is 476 g/mol. The molecule has 6 N–H and O–H groups in total. The molecule has 3 aromatic carbocycles. The Kier molecular flexibility index (Phi) is 9.46. The molecule has 0 aromatic heterocycles. The number of anilines is 1. The molecule has 0 radical (unpaired) electrons. The molecule has 35 heavy (non-hydrogen) atoms. The summed E-state index contributed by atoms with van der Waals surface area (Å²) in [6.07, 6.45) is 0. The zero-order valence-electron chi connectivity index (χ0n) is 18.7. The number of rotatable bonds is 6. The maximum Gasteiger partial charge on any atom is 0.394 e. The van der Waals surface area contributed by atoms with Crippen LogP contribution in [0.5, 0.6) is 11.5 Å². The fraction of sp³-hybridized carbons (Fsp3) is 0.0870. The SMILES string of the molecule is C/C(=N\NC(=O)c1ccc(N/N=C(\C)c2ccc(O)cc2)cc1)c1ccc(O)cc1.O=S(=O)(O)O. The largest absolute Gasteiger partial charge is 0.508 e. The summed E-state index contributed by atoms with van der Waals surface area (Å²) in [6, 6.07) is 20.2. The van der Waals surface area contributed by atoms with Crippen LogP contribution >= 0.6 is 0 Å². The summed E-state index contributed by atoms with van der Waals surface area (Å²) >= 11 is 0. The van der Waals surface area contributed by atoms with E-state index in [0.29, 0.717) is 11.3 Å². The van der Waals surface area contributed by atoms with Gasteiger partial charge in [-0.2, -0.15) is 18.6 Å². The summed E-state index contributed by atoms with van der Waals surface area (Å²) in [7, 11) is -4.67. The topological polar surface area (TPSA) is 181 Å². The van der Waals surface area contributed by atoms with Gasteiger partial charge in [-0.05, 0) is 97.8 Å². The number of nitrogens with zero attached hydrogens (tertiary/aromatic N) is 2. The van der Waals surface area contributed by atoms with E-state index >= 15 is 0 Å². The van der Waals surface area contributed by atoms with Gasteiger partial charge in [0.05, 0.1) is 17.1 Å². The highest BCUT2D eigenvalue weighted by molar-refractivity contribution is 7.79. The number of benzene rings is 3. The van der Waals surface area contributed by atoms with Crippen molar-refractivity contribution in [1.82, 2.24) is 5.43 Å². The van der Waals surface area contributed by atoms with Gasteiger partial charge >= 0.3 is 10.4 Å². The highest BCUT2D eigenvalue weighted by Gasteiger charge is 2.05. The lowest BCUT2D eigenvalue weighted by Crippen LogP contribution is -2.19. The van der Waals surface area contributed by atoms with Gasteiger partial charge in [-0.3, -0.25) is 19.3 Å². The monoisotopic (exact) mass is 500 g/mol. The molecule has 12 heteroatoms. The standard InChI is InChI=1S/C23H22N4O3.H2O4S/c1-15(17-5-11-21(28)12-6-17)24-26-20-9-3-19(4-10-20)23(30)27-25-16(2)18-7-13-22(29)14-8-18;1-5(2,3)4/h3-14,26,28-29H,1-2H3,(H,27,30);(H2,1,2,3,4)/b24-15+,25-16+;. The molecule has 0 heterocycles. The van der Waals surface area contributed by atoms with E-state index in [1.165, 1.54) is 0 Å². The average molecular weight is 501 g/mol. The second-order valence-corrected chi connectivity index (χ2v) is 7.96. The third-order valence-electron chi connectivity index (χ3n) is 4.40. The summed E-state index contributed by atoms with van der Waals surface area (Å²) in [5.41, 5.74) is 9.74. The molecule has 0 atom stereocenters. The van der Waals surface area contributed by atoms with E-state index in [-0.39, 0.29) is 17.4 Å². The van der Waals surface area contributed by atoms with Crippen LogP contribution in [0.4, 0.5) is 5.69 Å². The first-order valence-corrected chi connectivity index (χ1v) is 11.4. The quantitative estimate of drug-likeness (QED) is 0.169. The number of carbonyl (C=O) groups is 1. The van der Waals surface area contributed by atoms with E-state index < -0.39 is 10.4 Å². The predicted molar refractivity (Wildman–Crippen MR) is 132 cm³/mol. The fourth-order valence-corrected chi connectivity index (χ4v) is 2.58. The molecule has 3 rings (SSSR count). The third kappa shape index (κ3) is 10.0. The molecule has 3 aromatic rings. The van der Waals surface area contributed by atoms with Crippen LogP contribution in [0.25, 0.3) is 0 Å². The Morgan fingerprint density at radius 2 is 1.06 bits per heavy atom. The number of aromatic hydroxyl groups is 2. The van der Waals surface area contributed by atoms with Gasteiger partial charge < -0.3 is 10.2 Å². The van der Waals surface area contributed by atoms with Crippen LogP contribution < -0.4 is 10.9 Å². The maximum absolute atomic E-state index is 12.3. The number of hydrazone groups is 2. The minimum atomic E-state index is -4.67. The second-order valence-electron chi connectivity index (χ2n) is 7.07. The minimum absolute atomic E-state index is 0.173. The first-order valence-electron chi connectivity index (χ1n) is 9.96. The summed E-state index contributed by atoms with van der Waals surface area (Å²) in [5, 5.41) is 27.1. The molecule has 0 fully saturated rings. The van der Waals surface area contributed by atoms with E-state index in [0.717, 1.165) is 22.5 Å². The predicted octanol–water partition coefficient (Wildman–Crippen LogP) is 3.44. The van der Waals surface area contributed by atoms with Crippen LogP contribution in [0, 0.1) is 0 Å². The Morgan fingerprint density at radius 3 is 1.49 bits per heavy atom. The van der Waals surface area contributed by atoms with Crippen molar-refractivity contribution in [1.29, 1.82) is 0 Å². The van der Waals surface area contributed by atoms with E-state index in [4.69, 9.17) is 17.5 Å². The van der Waals surface area contributed by atoms with Crippen LogP contribution in [0.2, 0.25) is 0 Å². The Morgan fingerprint density at radius 1 is 0.686 bits per heavy atom. The van der Waals surface area contributed by atoms with Crippen LogP contribution in [0.3, 0.4) is 0 Å². The highest BCUT2D eigenvalue weighted by Crippen LogP contribution is 2.13. The van der Waals surface area contributed by atoms with Gasteiger partial charge in [0.2, 0.25) is 0 Å². The molecule has 0 spiro atoms. The van der Waals surface area contributed by atoms with Crippen molar-refractivity contribution in [3.8, 4) is 11.5 Å². The van der Waals surface area contributed by atoms with Crippen LogP contribution in [-0.2, 0) is 10.4 Å². The molecule has 0 aliphatic carbocycles. The zero-order valence-corrected chi connectivity index (χ0v) is 19.6. The van der Waals surface area contributed by atoms with Crippen molar-refractivity contribution in [2.24, 2.45) is 10.2 Å².